The fourth-order valence-corrected chi connectivity index (χ4v) is 2.65. The smallest absolute Gasteiger partial charge is 0.315 e. The molecule has 0 aromatic carbocycles. The second kappa shape index (κ2) is 7.98. The Kier molecular flexibility index (Phi) is 6.00. The third kappa shape index (κ3) is 4.59. The molecule has 1 atom stereocenters. The van der Waals surface area contributed by atoms with Crippen LogP contribution in [0.5, 0.6) is 0 Å². The molecule has 6 nitrogen and oxygen atoms in total. The number of nitrogens with zero attached hydrogens (tertiary/aromatic N) is 2. The van der Waals surface area contributed by atoms with Crippen LogP contribution < -0.4 is 15.5 Å². The number of aliphatic hydroxyl groups is 1. The summed E-state index contributed by atoms with van der Waals surface area (Å²) >= 11 is 0. The molecule has 1 saturated heterocycles. The minimum atomic E-state index is -0.187. The number of nitrogens with one attached hydrogen (secondary N) is 2. The lowest BCUT2D eigenvalue weighted by atomic mass is 10.1. The van der Waals surface area contributed by atoms with Crippen LogP contribution in [0.1, 0.15) is 31.9 Å². The third-order valence-corrected chi connectivity index (χ3v) is 4.08. The molecule has 0 spiro atoms. The SMILES string of the molecule is CCC(CO)NC(=O)NC1CCN(c2cccc(C)n2)CC1. The normalized spacial score (nSPS) is 17.1. The molecule has 6 heteroatoms. The number of hydrogen-bond acceptors (Lipinski definition) is 4. The monoisotopic (exact) mass is 306 g/mol. The molecular formula is C16H26N4O2. The standard InChI is InChI=1S/C16H26N4O2/c1-3-13(11-21)18-16(22)19-14-7-9-20(10-8-14)15-6-4-5-12(2)17-15/h4-6,13-14,21H,3,7-11H2,1-2H3,(H2,18,19,22). The van der Waals surface area contributed by atoms with Gasteiger partial charge in [-0.3, -0.25) is 0 Å². The van der Waals surface area contributed by atoms with E-state index in [1.165, 1.54) is 0 Å². The first-order chi connectivity index (χ1) is 10.6. The highest BCUT2D eigenvalue weighted by molar-refractivity contribution is 5.74. The zero-order valence-electron chi connectivity index (χ0n) is 13.4. The summed E-state index contributed by atoms with van der Waals surface area (Å²) < 4.78 is 0. The molecule has 0 aliphatic carbocycles. The zero-order chi connectivity index (χ0) is 15.9. The molecule has 1 unspecified atom stereocenters. The van der Waals surface area contributed by atoms with Gasteiger partial charge in [-0.05, 0) is 38.3 Å². The summed E-state index contributed by atoms with van der Waals surface area (Å²) in [6.07, 6.45) is 2.53. The number of amides is 2. The second-order valence-corrected chi connectivity index (χ2v) is 5.80. The number of carbonyl (C=O) groups excluding carboxylic acids is 1. The number of aryl methyl sites for hydroxylation is 1. The van der Waals surface area contributed by atoms with Crippen molar-refractivity contribution in [2.75, 3.05) is 24.6 Å². The van der Waals surface area contributed by atoms with Gasteiger partial charge in [0.1, 0.15) is 5.82 Å². The summed E-state index contributed by atoms with van der Waals surface area (Å²) in [5.41, 5.74) is 1.02. The maximum Gasteiger partial charge on any atom is 0.315 e. The van der Waals surface area contributed by atoms with Crippen molar-refractivity contribution in [3.05, 3.63) is 23.9 Å². The van der Waals surface area contributed by atoms with Crippen molar-refractivity contribution < 1.29 is 9.90 Å². The highest BCUT2D eigenvalue weighted by Crippen LogP contribution is 2.18. The van der Waals surface area contributed by atoms with E-state index in [1.54, 1.807) is 0 Å². The predicted molar refractivity (Wildman–Crippen MR) is 87.0 cm³/mol. The Hall–Kier alpha value is -1.82. The van der Waals surface area contributed by atoms with E-state index >= 15 is 0 Å². The Morgan fingerprint density at radius 3 is 2.77 bits per heavy atom. The van der Waals surface area contributed by atoms with E-state index in [9.17, 15) is 4.79 Å². The van der Waals surface area contributed by atoms with Gasteiger partial charge in [0.25, 0.3) is 0 Å². The lowest BCUT2D eigenvalue weighted by molar-refractivity contribution is 0.210. The first kappa shape index (κ1) is 16.5. The van der Waals surface area contributed by atoms with E-state index in [0.717, 1.165) is 43.9 Å². The summed E-state index contributed by atoms with van der Waals surface area (Å²) in [4.78, 5) is 18.7. The summed E-state index contributed by atoms with van der Waals surface area (Å²) in [5.74, 6) is 1.01. The molecule has 1 aliphatic rings. The van der Waals surface area contributed by atoms with Crippen LogP contribution in [0, 0.1) is 6.92 Å². The Labute approximate surface area is 131 Å². The van der Waals surface area contributed by atoms with Gasteiger partial charge in [0.05, 0.1) is 12.6 Å². The van der Waals surface area contributed by atoms with Crippen molar-refractivity contribution in [3.8, 4) is 0 Å². The fourth-order valence-electron chi connectivity index (χ4n) is 2.65. The van der Waals surface area contributed by atoms with E-state index in [4.69, 9.17) is 5.11 Å². The van der Waals surface area contributed by atoms with Gasteiger partial charge in [-0.2, -0.15) is 0 Å². The Morgan fingerprint density at radius 1 is 1.45 bits per heavy atom. The van der Waals surface area contributed by atoms with Gasteiger partial charge >= 0.3 is 6.03 Å². The summed E-state index contributed by atoms with van der Waals surface area (Å²) in [6.45, 7) is 5.68. The summed E-state index contributed by atoms with van der Waals surface area (Å²) in [5, 5.41) is 14.9. The van der Waals surface area contributed by atoms with Crippen LogP contribution >= 0.6 is 0 Å². The van der Waals surface area contributed by atoms with Crippen LogP contribution in [0.3, 0.4) is 0 Å². The average Bonchev–Trinajstić information content (AvgIpc) is 2.53. The number of aromatic nitrogens is 1. The number of hydrogen-bond donors (Lipinski definition) is 3. The molecule has 0 bridgehead atoms. The number of urea groups is 1. The third-order valence-electron chi connectivity index (χ3n) is 4.08. The Bertz CT molecular complexity index is 483. The molecule has 22 heavy (non-hydrogen) atoms. The largest absolute Gasteiger partial charge is 0.394 e. The van der Waals surface area contributed by atoms with Gasteiger partial charge < -0.3 is 20.6 Å². The molecule has 0 radical (unpaired) electrons. The van der Waals surface area contributed by atoms with Gasteiger partial charge in [0.2, 0.25) is 0 Å². The minimum absolute atomic E-state index is 0.0264. The molecule has 3 N–H and O–H groups in total. The van der Waals surface area contributed by atoms with E-state index in [1.807, 2.05) is 32.0 Å². The zero-order valence-corrected chi connectivity index (χ0v) is 13.4. The Balaban J connectivity index is 1.78. The van der Waals surface area contributed by atoms with Gasteiger partial charge in [-0.15, -0.1) is 0 Å². The van der Waals surface area contributed by atoms with Crippen LogP contribution in [0.25, 0.3) is 0 Å². The van der Waals surface area contributed by atoms with Gasteiger partial charge in [0, 0.05) is 24.8 Å². The van der Waals surface area contributed by atoms with E-state index in [-0.39, 0.29) is 24.7 Å². The number of aliphatic hydroxyl groups excluding tert-OH is 1. The van der Waals surface area contributed by atoms with Crippen LogP contribution in [-0.4, -0.2) is 47.9 Å². The molecule has 2 amide bonds. The first-order valence-corrected chi connectivity index (χ1v) is 7.99. The van der Waals surface area contributed by atoms with Gasteiger partial charge in [-0.1, -0.05) is 13.0 Å². The van der Waals surface area contributed by atoms with Gasteiger partial charge in [0.15, 0.2) is 0 Å². The molecule has 2 rings (SSSR count). The molecule has 0 saturated carbocycles. The summed E-state index contributed by atoms with van der Waals surface area (Å²) in [7, 11) is 0. The Morgan fingerprint density at radius 2 is 2.18 bits per heavy atom. The van der Waals surface area contributed by atoms with Crippen LogP contribution in [-0.2, 0) is 0 Å². The van der Waals surface area contributed by atoms with E-state index in [0.29, 0.717) is 0 Å². The minimum Gasteiger partial charge on any atom is -0.394 e. The summed E-state index contributed by atoms with van der Waals surface area (Å²) in [6, 6.07) is 5.87. The first-order valence-electron chi connectivity index (χ1n) is 7.99. The number of anilines is 1. The number of pyridine rings is 1. The van der Waals surface area contributed by atoms with Crippen LogP contribution in [0.4, 0.5) is 10.6 Å². The number of piperidine rings is 1. The molecule has 1 aromatic rings. The maximum atomic E-state index is 11.9. The average molecular weight is 306 g/mol. The molecule has 122 valence electrons. The van der Waals surface area contributed by atoms with Crippen molar-refractivity contribution in [2.45, 2.75) is 45.2 Å². The predicted octanol–water partition coefficient (Wildman–Crippen LogP) is 1.43. The second-order valence-electron chi connectivity index (χ2n) is 5.80. The number of carbonyl (C=O) groups is 1. The highest BCUT2D eigenvalue weighted by Gasteiger charge is 2.22. The van der Waals surface area contributed by atoms with Gasteiger partial charge in [-0.25, -0.2) is 9.78 Å². The molecule has 1 aromatic heterocycles. The van der Waals surface area contributed by atoms with E-state index in [2.05, 4.69) is 20.5 Å². The van der Waals surface area contributed by atoms with Crippen molar-refractivity contribution in [1.82, 2.24) is 15.6 Å². The molecule has 1 aliphatic heterocycles. The van der Waals surface area contributed by atoms with Crippen molar-refractivity contribution in [3.63, 3.8) is 0 Å². The van der Waals surface area contributed by atoms with Crippen molar-refractivity contribution in [2.24, 2.45) is 0 Å². The fraction of sp³-hybridized carbons (Fsp3) is 0.625. The maximum absolute atomic E-state index is 11.9. The van der Waals surface area contributed by atoms with Crippen LogP contribution in [0.2, 0.25) is 0 Å². The number of rotatable bonds is 5. The lowest BCUT2D eigenvalue weighted by Gasteiger charge is -2.33. The molecular weight excluding hydrogens is 280 g/mol. The molecule has 1 fully saturated rings. The quantitative estimate of drug-likeness (QED) is 0.769. The van der Waals surface area contributed by atoms with Crippen molar-refractivity contribution in [1.29, 1.82) is 0 Å². The lowest BCUT2D eigenvalue weighted by Crippen LogP contribution is -2.50. The highest BCUT2D eigenvalue weighted by atomic mass is 16.3. The van der Waals surface area contributed by atoms with Crippen LogP contribution in [0.15, 0.2) is 18.2 Å². The van der Waals surface area contributed by atoms with E-state index < -0.39 is 0 Å². The molecule has 2 heterocycles. The van der Waals surface area contributed by atoms with Crippen molar-refractivity contribution >= 4 is 11.8 Å². The topological polar surface area (TPSA) is 77.5 Å².